The molecule has 0 aliphatic heterocycles. The molecule has 1 unspecified atom stereocenters. The van der Waals surface area contributed by atoms with Crippen molar-refractivity contribution >= 4 is 27.5 Å². The highest BCUT2D eigenvalue weighted by Crippen LogP contribution is 2.27. The molecular formula is C20H26BrN2O3+. The summed E-state index contributed by atoms with van der Waals surface area (Å²) >= 11 is 3.41. The number of nitrogens with one attached hydrogen (secondary N) is 2. The van der Waals surface area contributed by atoms with Crippen molar-refractivity contribution < 1.29 is 19.2 Å². The Hall–Kier alpha value is -2.05. The van der Waals surface area contributed by atoms with Crippen LogP contribution in [0.2, 0.25) is 0 Å². The van der Waals surface area contributed by atoms with Crippen LogP contribution in [0, 0.1) is 0 Å². The van der Waals surface area contributed by atoms with Crippen molar-refractivity contribution in [3.63, 3.8) is 0 Å². The van der Waals surface area contributed by atoms with Gasteiger partial charge in [-0.3, -0.25) is 4.79 Å². The van der Waals surface area contributed by atoms with E-state index in [4.69, 9.17) is 9.47 Å². The summed E-state index contributed by atoms with van der Waals surface area (Å²) in [7, 11) is 3.64. The molecule has 0 heterocycles. The maximum Gasteiger partial charge on any atom is 0.282 e. The first-order valence-electron chi connectivity index (χ1n) is 8.63. The van der Waals surface area contributed by atoms with Crippen LogP contribution in [0.5, 0.6) is 11.5 Å². The molecular weight excluding hydrogens is 396 g/mol. The van der Waals surface area contributed by atoms with Gasteiger partial charge in [0.1, 0.15) is 6.54 Å². The Morgan fingerprint density at radius 1 is 1.23 bits per heavy atom. The van der Waals surface area contributed by atoms with Crippen molar-refractivity contribution in [1.82, 2.24) is 0 Å². The number of amides is 1. The number of hydrogen-bond acceptors (Lipinski definition) is 3. The lowest BCUT2D eigenvalue weighted by molar-refractivity contribution is -0.907. The van der Waals surface area contributed by atoms with E-state index in [0.29, 0.717) is 18.9 Å². The number of benzene rings is 2. The third-order valence-electron chi connectivity index (χ3n) is 4.24. The fraction of sp³-hybridized carbons (Fsp3) is 0.350. The highest BCUT2D eigenvalue weighted by atomic mass is 79.9. The monoisotopic (exact) mass is 421 g/mol. The number of carbonyl (C=O) groups is 1. The molecule has 0 fully saturated rings. The fourth-order valence-corrected chi connectivity index (χ4v) is 3.01. The van der Waals surface area contributed by atoms with Gasteiger partial charge in [-0.15, -0.1) is 0 Å². The number of methoxy groups -OCH3 is 1. The van der Waals surface area contributed by atoms with E-state index in [-0.39, 0.29) is 11.9 Å². The van der Waals surface area contributed by atoms with Gasteiger partial charge in [-0.1, -0.05) is 22.0 Å². The van der Waals surface area contributed by atoms with E-state index in [1.54, 1.807) is 7.11 Å². The zero-order chi connectivity index (χ0) is 19.1. The van der Waals surface area contributed by atoms with Gasteiger partial charge < -0.3 is 19.7 Å². The number of carbonyl (C=O) groups excluding carboxylic acids is 1. The average molecular weight is 422 g/mol. The second-order valence-electron chi connectivity index (χ2n) is 6.16. The summed E-state index contributed by atoms with van der Waals surface area (Å²) in [6, 6.07) is 13.3. The Labute approximate surface area is 163 Å². The highest BCUT2D eigenvalue weighted by Gasteiger charge is 2.22. The predicted molar refractivity (Wildman–Crippen MR) is 107 cm³/mol. The molecule has 2 atom stereocenters. The van der Waals surface area contributed by atoms with Crippen LogP contribution in [0.3, 0.4) is 0 Å². The van der Waals surface area contributed by atoms with Crippen molar-refractivity contribution in [2.45, 2.75) is 26.4 Å². The van der Waals surface area contributed by atoms with Gasteiger partial charge in [0.15, 0.2) is 17.5 Å². The van der Waals surface area contributed by atoms with Crippen molar-refractivity contribution in [1.29, 1.82) is 0 Å². The van der Waals surface area contributed by atoms with Crippen molar-refractivity contribution in [2.75, 3.05) is 26.1 Å². The molecule has 6 heteroatoms. The molecule has 1 amide bonds. The maximum absolute atomic E-state index is 12.5. The maximum atomic E-state index is 12.5. The number of rotatable bonds is 8. The van der Waals surface area contributed by atoms with Crippen LogP contribution in [-0.2, 0) is 11.3 Å². The summed E-state index contributed by atoms with van der Waals surface area (Å²) < 4.78 is 11.9. The number of anilines is 1. The standard InChI is InChI=1S/C20H25BrN2O3/c1-5-26-18-10-9-15(11-19(18)25-4)13-23(3)14(2)20(24)22-17-8-6-7-16(21)12-17/h6-12,14H,5,13H2,1-4H3,(H,22,24)/p+1/t14-/m0/s1. The van der Waals surface area contributed by atoms with Gasteiger partial charge in [-0.2, -0.15) is 0 Å². The highest BCUT2D eigenvalue weighted by molar-refractivity contribution is 9.10. The van der Waals surface area contributed by atoms with Crippen LogP contribution in [0.1, 0.15) is 19.4 Å². The van der Waals surface area contributed by atoms with Crippen LogP contribution < -0.4 is 19.7 Å². The third kappa shape index (κ3) is 5.47. The molecule has 0 aliphatic rings. The van der Waals surface area contributed by atoms with Crippen LogP contribution >= 0.6 is 15.9 Å². The first-order valence-corrected chi connectivity index (χ1v) is 9.42. The normalized spacial score (nSPS) is 13.0. The lowest BCUT2D eigenvalue weighted by atomic mass is 10.1. The van der Waals surface area contributed by atoms with E-state index in [0.717, 1.165) is 26.4 Å². The molecule has 2 aromatic carbocycles. The van der Waals surface area contributed by atoms with Gasteiger partial charge in [0, 0.05) is 15.7 Å². The zero-order valence-electron chi connectivity index (χ0n) is 15.6. The molecule has 2 rings (SSSR count). The van der Waals surface area contributed by atoms with E-state index in [2.05, 4.69) is 21.2 Å². The summed E-state index contributed by atoms with van der Waals surface area (Å²) in [5.41, 5.74) is 1.87. The van der Waals surface area contributed by atoms with Gasteiger partial charge in [-0.05, 0) is 50.2 Å². The Balaban J connectivity index is 2.01. The van der Waals surface area contributed by atoms with Gasteiger partial charge in [0.25, 0.3) is 5.91 Å². The Morgan fingerprint density at radius 2 is 2.00 bits per heavy atom. The minimum atomic E-state index is -0.202. The molecule has 140 valence electrons. The topological polar surface area (TPSA) is 52.0 Å². The summed E-state index contributed by atoms with van der Waals surface area (Å²) in [6.07, 6.45) is 0. The zero-order valence-corrected chi connectivity index (χ0v) is 17.2. The average Bonchev–Trinajstić information content (AvgIpc) is 2.62. The SMILES string of the molecule is CCOc1ccc(C[NH+](C)[C@@H](C)C(=O)Nc2cccc(Br)c2)cc1OC. The molecule has 0 aromatic heterocycles. The lowest BCUT2D eigenvalue weighted by Gasteiger charge is -2.21. The first kappa shape index (κ1) is 20.3. The van der Waals surface area contributed by atoms with Gasteiger partial charge in [0.2, 0.25) is 0 Å². The van der Waals surface area contributed by atoms with Crippen molar-refractivity contribution in [2.24, 2.45) is 0 Å². The second-order valence-corrected chi connectivity index (χ2v) is 7.08. The van der Waals surface area contributed by atoms with E-state index in [9.17, 15) is 4.79 Å². The van der Waals surface area contributed by atoms with E-state index >= 15 is 0 Å². The molecule has 26 heavy (non-hydrogen) atoms. The molecule has 0 spiro atoms. The van der Waals surface area contributed by atoms with Gasteiger partial charge in [0.05, 0.1) is 20.8 Å². The fourth-order valence-electron chi connectivity index (χ4n) is 2.61. The summed E-state index contributed by atoms with van der Waals surface area (Å²) in [4.78, 5) is 13.6. The Morgan fingerprint density at radius 3 is 2.65 bits per heavy atom. The van der Waals surface area contributed by atoms with Crippen LogP contribution in [0.25, 0.3) is 0 Å². The molecule has 0 saturated heterocycles. The summed E-state index contributed by atoms with van der Waals surface area (Å²) in [6.45, 7) is 5.16. The smallest absolute Gasteiger partial charge is 0.282 e. The summed E-state index contributed by atoms with van der Waals surface area (Å²) in [5.74, 6) is 1.43. The summed E-state index contributed by atoms with van der Waals surface area (Å²) in [5, 5.41) is 2.96. The predicted octanol–water partition coefficient (Wildman–Crippen LogP) is 2.90. The minimum absolute atomic E-state index is 0.0153. The van der Waals surface area contributed by atoms with E-state index < -0.39 is 0 Å². The minimum Gasteiger partial charge on any atom is -0.493 e. The van der Waals surface area contributed by atoms with Crippen LogP contribution in [0.15, 0.2) is 46.9 Å². The van der Waals surface area contributed by atoms with Crippen molar-refractivity contribution in [3.8, 4) is 11.5 Å². The number of likely N-dealkylation sites (N-methyl/N-ethyl adjacent to an activating group) is 1. The van der Waals surface area contributed by atoms with Gasteiger partial charge >= 0.3 is 0 Å². The Kier molecular flexibility index (Phi) is 7.48. The third-order valence-corrected chi connectivity index (χ3v) is 4.73. The molecule has 2 aromatic rings. The molecule has 0 radical (unpaired) electrons. The molecule has 2 N–H and O–H groups in total. The number of quaternary nitrogens is 1. The van der Waals surface area contributed by atoms with E-state index in [1.165, 1.54) is 0 Å². The second kappa shape index (κ2) is 9.59. The van der Waals surface area contributed by atoms with Crippen LogP contribution in [-0.4, -0.2) is 32.7 Å². The molecule has 5 nitrogen and oxygen atoms in total. The van der Waals surface area contributed by atoms with Gasteiger partial charge in [-0.25, -0.2) is 0 Å². The lowest BCUT2D eigenvalue weighted by Crippen LogP contribution is -3.12. The first-order chi connectivity index (χ1) is 12.4. The van der Waals surface area contributed by atoms with Crippen molar-refractivity contribution in [3.05, 3.63) is 52.5 Å². The molecule has 0 aliphatic carbocycles. The molecule has 0 bridgehead atoms. The quantitative estimate of drug-likeness (QED) is 0.688. The van der Waals surface area contributed by atoms with Crippen LogP contribution in [0.4, 0.5) is 5.69 Å². The number of halogens is 1. The largest absolute Gasteiger partial charge is 0.493 e. The van der Waals surface area contributed by atoms with E-state index in [1.807, 2.05) is 63.4 Å². The number of hydrogen-bond donors (Lipinski definition) is 2. The Bertz CT molecular complexity index is 752. The molecule has 0 saturated carbocycles. The number of ether oxygens (including phenoxy) is 2.